The number of amides is 1. The van der Waals surface area contributed by atoms with Gasteiger partial charge in [0.15, 0.2) is 0 Å². The number of nitrogens with one attached hydrogen (secondary N) is 1. The van der Waals surface area contributed by atoms with Gasteiger partial charge in [-0.3, -0.25) is 15.1 Å². The molecule has 11 heteroatoms. The van der Waals surface area contributed by atoms with Gasteiger partial charge in [0.25, 0.3) is 11.1 Å². The Labute approximate surface area is 193 Å². The van der Waals surface area contributed by atoms with Crippen LogP contribution in [-0.4, -0.2) is 50.5 Å². The molecule has 1 aliphatic rings. The third-order valence-corrected chi connectivity index (χ3v) is 6.06. The van der Waals surface area contributed by atoms with Crippen LogP contribution < -0.4 is 14.8 Å². The van der Waals surface area contributed by atoms with Crippen molar-refractivity contribution in [2.45, 2.75) is 44.8 Å². The lowest BCUT2D eigenvalue weighted by Gasteiger charge is -2.25. The van der Waals surface area contributed by atoms with Gasteiger partial charge in [0.2, 0.25) is 5.13 Å². The number of aliphatic hydroxyl groups is 1. The van der Waals surface area contributed by atoms with Crippen molar-refractivity contribution in [2.75, 3.05) is 12.4 Å². The Balaban J connectivity index is 1.55. The van der Waals surface area contributed by atoms with Crippen LogP contribution in [0.2, 0.25) is 5.15 Å². The summed E-state index contributed by atoms with van der Waals surface area (Å²) in [4.78, 5) is 21.4. The van der Waals surface area contributed by atoms with Crippen LogP contribution in [0.1, 0.15) is 41.7 Å². The highest BCUT2D eigenvalue weighted by Gasteiger charge is 2.24. The first kappa shape index (κ1) is 22.4. The molecule has 3 aromatic heterocycles. The summed E-state index contributed by atoms with van der Waals surface area (Å²) in [6.07, 6.45) is 5.65. The molecule has 1 saturated carbocycles. The van der Waals surface area contributed by atoms with E-state index in [1.54, 1.807) is 12.1 Å². The summed E-state index contributed by atoms with van der Waals surface area (Å²) >= 11 is 7.22. The average molecular weight is 476 g/mol. The molecule has 32 heavy (non-hydrogen) atoms. The first-order valence-electron chi connectivity index (χ1n) is 10.1. The summed E-state index contributed by atoms with van der Waals surface area (Å²) in [6, 6.07) is 3.42. The van der Waals surface area contributed by atoms with Gasteiger partial charge in [-0.2, -0.15) is 0 Å². The molecule has 2 atom stereocenters. The topological polar surface area (TPSA) is 119 Å². The quantitative estimate of drug-likeness (QED) is 0.515. The number of nitrogens with zero attached hydrogens (tertiary/aromatic N) is 4. The molecule has 2 N–H and O–H groups in total. The lowest BCUT2D eigenvalue weighted by molar-refractivity contribution is 0.0531. The largest absolute Gasteiger partial charge is 0.494 e. The highest BCUT2D eigenvalue weighted by atomic mass is 35.5. The first-order chi connectivity index (χ1) is 15.4. The smallest absolute Gasteiger partial charge is 0.296 e. The van der Waals surface area contributed by atoms with Crippen LogP contribution in [0.15, 0.2) is 24.5 Å². The van der Waals surface area contributed by atoms with Gasteiger partial charge in [-0.1, -0.05) is 16.7 Å². The van der Waals surface area contributed by atoms with E-state index in [1.807, 2.05) is 6.92 Å². The lowest BCUT2D eigenvalue weighted by atomic mass is 9.95. The normalized spacial score (nSPS) is 18.2. The van der Waals surface area contributed by atoms with Crippen LogP contribution in [0, 0.1) is 6.92 Å². The standard InChI is InChI=1S/C21H22ClN5O4S/c1-11-6-14(15-8-18(22)24-10-17(15)30-2)16(9-23-11)19(29)25-20-26-27-21(32-20)31-13-5-3-4-12(28)7-13/h6,8-10,12-13,28H,3-5,7H2,1-2H3,(H,25,26,29)/t12-,13+/m0/s1. The summed E-state index contributed by atoms with van der Waals surface area (Å²) in [5, 5.41) is 21.5. The molecule has 1 aliphatic carbocycles. The fraction of sp³-hybridized carbons (Fsp3) is 0.381. The molecular formula is C21H22ClN5O4S. The van der Waals surface area contributed by atoms with E-state index < -0.39 is 5.91 Å². The molecule has 3 aromatic rings. The van der Waals surface area contributed by atoms with Crippen molar-refractivity contribution in [1.29, 1.82) is 0 Å². The molecule has 1 fully saturated rings. The fourth-order valence-electron chi connectivity index (χ4n) is 3.60. The zero-order valence-electron chi connectivity index (χ0n) is 17.5. The van der Waals surface area contributed by atoms with Crippen LogP contribution in [0.3, 0.4) is 0 Å². The van der Waals surface area contributed by atoms with Gasteiger partial charge >= 0.3 is 0 Å². The van der Waals surface area contributed by atoms with Gasteiger partial charge < -0.3 is 14.6 Å². The number of hydrogen-bond donors (Lipinski definition) is 2. The van der Waals surface area contributed by atoms with Gasteiger partial charge in [0.05, 0.1) is 25.0 Å². The number of methoxy groups -OCH3 is 1. The number of aryl methyl sites for hydroxylation is 1. The van der Waals surface area contributed by atoms with E-state index in [0.717, 1.165) is 36.3 Å². The molecule has 0 saturated heterocycles. The number of halogens is 1. The second kappa shape index (κ2) is 9.76. The zero-order valence-corrected chi connectivity index (χ0v) is 19.1. The maximum Gasteiger partial charge on any atom is 0.296 e. The van der Waals surface area contributed by atoms with Crippen LogP contribution in [0.4, 0.5) is 5.13 Å². The Morgan fingerprint density at radius 1 is 1.22 bits per heavy atom. The molecule has 3 heterocycles. The molecule has 0 aliphatic heterocycles. The number of carbonyl (C=O) groups is 1. The SMILES string of the molecule is COc1cnc(Cl)cc1-c1cc(C)ncc1C(=O)Nc1nnc(O[C@@H]2CCC[C@H](O)C2)s1. The number of hydrogen-bond acceptors (Lipinski definition) is 9. The number of pyridine rings is 2. The van der Waals surface area contributed by atoms with E-state index in [-0.39, 0.29) is 17.4 Å². The Morgan fingerprint density at radius 3 is 2.84 bits per heavy atom. The van der Waals surface area contributed by atoms with Crippen LogP contribution in [0.5, 0.6) is 10.9 Å². The molecule has 0 radical (unpaired) electrons. The Kier molecular flexibility index (Phi) is 6.83. The van der Waals surface area contributed by atoms with E-state index >= 15 is 0 Å². The third kappa shape index (κ3) is 5.14. The van der Waals surface area contributed by atoms with E-state index in [1.165, 1.54) is 19.5 Å². The number of aromatic nitrogens is 4. The molecule has 9 nitrogen and oxygen atoms in total. The molecule has 1 amide bonds. The minimum atomic E-state index is -0.404. The first-order valence-corrected chi connectivity index (χ1v) is 11.3. The highest BCUT2D eigenvalue weighted by Crippen LogP contribution is 2.34. The van der Waals surface area contributed by atoms with Gasteiger partial charge in [0, 0.05) is 29.4 Å². The molecule has 4 rings (SSSR count). The van der Waals surface area contributed by atoms with Crippen molar-refractivity contribution in [3.63, 3.8) is 0 Å². The second-order valence-electron chi connectivity index (χ2n) is 7.47. The van der Waals surface area contributed by atoms with Crippen molar-refractivity contribution in [2.24, 2.45) is 0 Å². The Bertz CT molecular complexity index is 1130. The number of aliphatic hydroxyl groups excluding tert-OH is 1. The van der Waals surface area contributed by atoms with Crippen LogP contribution >= 0.6 is 22.9 Å². The minimum Gasteiger partial charge on any atom is -0.494 e. The van der Waals surface area contributed by atoms with Crippen molar-refractivity contribution in [1.82, 2.24) is 20.2 Å². The monoisotopic (exact) mass is 475 g/mol. The van der Waals surface area contributed by atoms with E-state index in [2.05, 4.69) is 25.5 Å². The van der Waals surface area contributed by atoms with Gasteiger partial charge in [-0.25, -0.2) is 4.98 Å². The number of ether oxygens (including phenoxy) is 2. The number of anilines is 1. The van der Waals surface area contributed by atoms with Crippen molar-refractivity contribution in [3.05, 3.63) is 40.9 Å². The van der Waals surface area contributed by atoms with Gasteiger partial charge in [-0.15, -0.1) is 5.10 Å². The van der Waals surface area contributed by atoms with Crippen LogP contribution in [0.25, 0.3) is 11.1 Å². The van der Waals surface area contributed by atoms with E-state index in [4.69, 9.17) is 21.1 Å². The summed E-state index contributed by atoms with van der Waals surface area (Å²) in [7, 11) is 1.52. The fourth-order valence-corrected chi connectivity index (χ4v) is 4.41. The predicted octanol–water partition coefficient (Wildman–Crippen LogP) is 3.90. The molecule has 0 aromatic carbocycles. The average Bonchev–Trinajstić information content (AvgIpc) is 3.20. The van der Waals surface area contributed by atoms with Gasteiger partial charge in [-0.05, 0) is 49.7 Å². The summed E-state index contributed by atoms with van der Waals surface area (Å²) in [5.41, 5.74) is 2.28. The predicted molar refractivity (Wildman–Crippen MR) is 121 cm³/mol. The highest BCUT2D eigenvalue weighted by molar-refractivity contribution is 7.17. The Hall–Kier alpha value is -2.82. The molecule has 168 valence electrons. The molecule has 0 spiro atoms. The lowest BCUT2D eigenvalue weighted by Crippen LogP contribution is -2.28. The van der Waals surface area contributed by atoms with E-state index in [9.17, 15) is 9.90 Å². The van der Waals surface area contributed by atoms with E-state index in [0.29, 0.717) is 39.2 Å². The molecule has 0 bridgehead atoms. The molecule has 0 unspecified atom stereocenters. The van der Waals surface area contributed by atoms with Crippen molar-refractivity contribution < 1.29 is 19.4 Å². The van der Waals surface area contributed by atoms with Crippen LogP contribution in [-0.2, 0) is 0 Å². The number of carbonyl (C=O) groups excluding carboxylic acids is 1. The van der Waals surface area contributed by atoms with Gasteiger partial charge in [0.1, 0.15) is 17.0 Å². The number of rotatable bonds is 6. The summed E-state index contributed by atoms with van der Waals surface area (Å²) in [6.45, 7) is 1.83. The van der Waals surface area contributed by atoms with Crippen molar-refractivity contribution in [3.8, 4) is 22.1 Å². The third-order valence-electron chi connectivity index (χ3n) is 5.12. The zero-order chi connectivity index (χ0) is 22.7. The summed E-state index contributed by atoms with van der Waals surface area (Å²) in [5.74, 6) is 0.0774. The van der Waals surface area contributed by atoms with Crippen molar-refractivity contribution >= 4 is 34.0 Å². The summed E-state index contributed by atoms with van der Waals surface area (Å²) < 4.78 is 11.2. The molecular weight excluding hydrogens is 454 g/mol. The minimum absolute atomic E-state index is 0.105. The Morgan fingerprint density at radius 2 is 2.06 bits per heavy atom. The maximum absolute atomic E-state index is 13.1. The maximum atomic E-state index is 13.1. The second-order valence-corrected chi connectivity index (χ2v) is 8.79.